The van der Waals surface area contributed by atoms with Gasteiger partial charge in [-0.1, -0.05) is 28.4 Å². The summed E-state index contributed by atoms with van der Waals surface area (Å²) in [6.45, 7) is 1.80. The number of rotatable bonds is 2. The minimum Gasteiger partial charge on any atom is -0.507 e. The normalized spacial score (nSPS) is 11.9. The van der Waals surface area contributed by atoms with Crippen LogP contribution in [0.1, 0.15) is 11.3 Å². The molecule has 0 fully saturated rings. The fourth-order valence-corrected chi connectivity index (χ4v) is 3.63. The Kier molecular flexibility index (Phi) is 4.69. The molecule has 160 valence electrons. The van der Waals surface area contributed by atoms with Crippen molar-refractivity contribution in [3.05, 3.63) is 73.5 Å². The van der Waals surface area contributed by atoms with Crippen molar-refractivity contribution in [1.82, 2.24) is 14.3 Å². The van der Waals surface area contributed by atoms with E-state index in [0.29, 0.717) is 20.8 Å². The Hall–Kier alpha value is -3.53. The van der Waals surface area contributed by atoms with Crippen molar-refractivity contribution in [2.75, 3.05) is 0 Å². The summed E-state index contributed by atoms with van der Waals surface area (Å²) in [5, 5.41) is 14.2. The van der Waals surface area contributed by atoms with Crippen LogP contribution in [0.15, 0.2) is 50.5 Å². The number of aryl methyl sites for hydroxylation is 1. The van der Waals surface area contributed by atoms with Crippen LogP contribution in [0.3, 0.4) is 0 Å². The van der Waals surface area contributed by atoms with E-state index in [-0.39, 0.29) is 33.1 Å². The number of nitrogens with zero attached hydrogens (tertiary/aromatic N) is 3. The van der Waals surface area contributed by atoms with Gasteiger partial charge in [-0.2, -0.15) is 13.2 Å². The minimum absolute atomic E-state index is 0.107. The van der Waals surface area contributed by atoms with E-state index < -0.39 is 23.1 Å². The van der Waals surface area contributed by atoms with E-state index in [1.807, 2.05) is 0 Å². The summed E-state index contributed by atoms with van der Waals surface area (Å²) in [5.41, 5.74) is -2.50. The molecule has 0 saturated heterocycles. The predicted molar refractivity (Wildman–Crippen MR) is 107 cm³/mol. The van der Waals surface area contributed by atoms with Gasteiger partial charge < -0.3 is 9.63 Å². The largest absolute Gasteiger partial charge is 0.507 e. The highest BCUT2D eigenvalue weighted by Gasteiger charge is 2.35. The van der Waals surface area contributed by atoms with Crippen LogP contribution >= 0.6 is 11.6 Å². The highest BCUT2D eigenvalue weighted by molar-refractivity contribution is 6.38. The van der Waals surface area contributed by atoms with Crippen LogP contribution in [0.25, 0.3) is 27.9 Å². The van der Waals surface area contributed by atoms with Gasteiger partial charge in [0, 0.05) is 18.7 Å². The van der Waals surface area contributed by atoms with Gasteiger partial charge in [-0.05, 0) is 31.2 Å². The van der Waals surface area contributed by atoms with Gasteiger partial charge in [-0.15, -0.1) is 0 Å². The summed E-state index contributed by atoms with van der Waals surface area (Å²) >= 11 is 6.48. The quantitative estimate of drug-likeness (QED) is 0.497. The fraction of sp³-hybridized carbons (Fsp3) is 0.150. The van der Waals surface area contributed by atoms with Gasteiger partial charge in [-0.3, -0.25) is 9.36 Å². The number of aromatic nitrogens is 3. The Balaban J connectivity index is 2.03. The summed E-state index contributed by atoms with van der Waals surface area (Å²) < 4.78 is 45.5. The van der Waals surface area contributed by atoms with Crippen LogP contribution in [0.2, 0.25) is 5.02 Å². The van der Waals surface area contributed by atoms with Gasteiger partial charge in [0.05, 0.1) is 16.1 Å². The average molecular weight is 452 g/mol. The zero-order chi connectivity index (χ0) is 22.7. The van der Waals surface area contributed by atoms with Crippen molar-refractivity contribution in [1.29, 1.82) is 0 Å². The molecular formula is C20H13ClF3N3O4. The molecule has 0 unspecified atom stereocenters. The number of hydrogen-bond acceptors (Lipinski definition) is 5. The molecule has 1 N–H and O–H groups in total. The molecule has 0 radical (unpaired) electrons. The topological polar surface area (TPSA) is 90.3 Å². The molecule has 0 aliphatic heterocycles. The van der Waals surface area contributed by atoms with E-state index in [2.05, 4.69) is 5.16 Å². The molecule has 0 bridgehead atoms. The molecule has 4 rings (SSSR count). The Morgan fingerprint density at radius 3 is 2.52 bits per heavy atom. The average Bonchev–Trinajstić information content (AvgIpc) is 3.12. The molecule has 11 heteroatoms. The van der Waals surface area contributed by atoms with E-state index in [9.17, 15) is 27.9 Å². The van der Waals surface area contributed by atoms with Crippen LogP contribution in [-0.4, -0.2) is 19.4 Å². The number of halogens is 4. The Morgan fingerprint density at radius 1 is 1.13 bits per heavy atom. The number of fused-ring (bicyclic) bond motifs is 1. The highest BCUT2D eigenvalue weighted by Crippen LogP contribution is 2.39. The second kappa shape index (κ2) is 7.02. The molecule has 0 aliphatic rings. The third-order valence-corrected chi connectivity index (χ3v) is 5.20. The van der Waals surface area contributed by atoms with E-state index >= 15 is 0 Å². The molecule has 0 aliphatic carbocycles. The Bertz CT molecular complexity index is 1470. The zero-order valence-corrected chi connectivity index (χ0v) is 16.7. The monoisotopic (exact) mass is 451 g/mol. The highest BCUT2D eigenvalue weighted by atomic mass is 35.5. The van der Waals surface area contributed by atoms with Gasteiger partial charge in [-0.25, -0.2) is 9.36 Å². The number of hydrogen-bond donors (Lipinski definition) is 1. The molecule has 0 spiro atoms. The second-order valence-corrected chi connectivity index (χ2v) is 7.24. The Labute approximate surface area is 176 Å². The summed E-state index contributed by atoms with van der Waals surface area (Å²) in [5.74, 6) is -0.107. The van der Waals surface area contributed by atoms with E-state index in [4.69, 9.17) is 16.1 Å². The standard InChI is InChI=1S/C20H13ClF3N3O4/c1-9-3-5-12(28)10(7-9)18-16-13(31-25-18)6-4-11(17(16)21)27-15(29)8-14(20(22,23)24)26(2)19(27)30/h3-8,28H,1-2H3. The number of alkyl halides is 3. The first kappa shape index (κ1) is 20.7. The number of phenols is 1. The van der Waals surface area contributed by atoms with Gasteiger partial charge >= 0.3 is 11.9 Å². The summed E-state index contributed by atoms with van der Waals surface area (Å²) in [4.78, 5) is 25.1. The first-order valence-corrected chi connectivity index (χ1v) is 9.17. The summed E-state index contributed by atoms with van der Waals surface area (Å²) in [7, 11) is 0.906. The first-order chi connectivity index (χ1) is 14.5. The molecule has 2 aromatic carbocycles. The molecule has 0 atom stereocenters. The van der Waals surface area contributed by atoms with Crippen molar-refractivity contribution in [2.45, 2.75) is 13.1 Å². The molecule has 2 aromatic heterocycles. The Morgan fingerprint density at radius 2 is 1.84 bits per heavy atom. The maximum Gasteiger partial charge on any atom is 0.431 e. The van der Waals surface area contributed by atoms with Gasteiger partial charge in [0.25, 0.3) is 5.56 Å². The van der Waals surface area contributed by atoms with Gasteiger partial charge in [0.2, 0.25) is 0 Å². The van der Waals surface area contributed by atoms with Crippen LogP contribution < -0.4 is 11.2 Å². The van der Waals surface area contributed by atoms with Crippen LogP contribution in [0, 0.1) is 6.92 Å². The molecule has 2 heterocycles. The van der Waals surface area contributed by atoms with Crippen molar-refractivity contribution in [3.8, 4) is 22.7 Å². The fourth-order valence-electron chi connectivity index (χ4n) is 3.30. The SMILES string of the molecule is Cc1ccc(O)c(-c2noc3ccc(-n4c(=O)cc(C(F)(F)F)n(C)c4=O)c(Cl)c23)c1. The number of benzene rings is 2. The molecule has 4 aromatic rings. The lowest BCUT2D eigenvalue weighted by atomic mass is 10.0. The van der Waals surface area contributed by atoms with Crippen molar-refractivity contribution < 1.29 is 22.8 Å². The van der Waals surface area contributed by atoms with Crippen LogP contribution in [0.4, 0.5) is 13.2 Å². The molecular weight excluding hydrogens is 439 g/mol. The van der Waals surface area contributed by atoms with Gasteiger partial charge in [0.1, 0.15) is 17.1 Å². The maximum absolute atomic E-state index is 13.1. The minimum atomic E-state index is -4.88. The third-order valence-electron chi connectivity index (χ3n) is 4.81. The van der Waals surface area contributed by atoms with E-state index in [1.165, 1.54) is 18.2 Å². The lowest BCUT2D eigenvalue weighted by molar-refractivity contribution is -0.144. The summed E-state index contributed by atoms with van der Waals surface area (Å²) in [6.07, 6.45) is -4.88. The van der Waals surface area contributed by atoms with Crippen LogP contribution in [0.5, 0.6) is 5.75 Å². The lowest BCUT2D eigenvalue weighted by Crippen LogP contribution is -2.40. The van der Waals surface area contributed by atoms with Crippen molar-refractivity contribution in [2.24, 2.45) is 7.05 Å². The molecule has 0 saturated carbocycles. The third kappa shape index (κ3) is 3.28. The molecule has 31 heavy (non-hydrogen) atoms. The summed E-state index contributed by atoms with van der Waals surface area (Å²) in [6, 6.07) is 7.75. The van der Waals surface area contributed by atoms with E-state index in [1.54, 1.807) is 19.1 Å². The van der Waals surface area contributed by atoms with E-state index in [0.717, 1.165) is 12.6 Å². The predicted octanol–water partition coefficient (Wildman–Crippen LogP) is 4.03. The van der Waals surface area contributed by atoms with Crippen molar-refractivity contribution in [3.63, 3.8) is 0 Å². The van der Waals surface area contributed by atoms with Gasteiger partial charge in [0.15, 0.2) is 5.58 Å². The smallest absolute Gasteiger partial charge is 0.431 e. The number of aromatic hydroxyl groups is 1. The number of phenolic OH excluding ortho intramolecular Hbond substituents is 1. The lowest BCUT2D eigenvalue weighted by Gasteiger charge is -2.14. The molecule has 0 amide bonds. The molecule has 7 nitrogen and oxygen atoms in total. The van der Waals surface area contributed by atoms with Crippen molar-refractivity contribution >= 4 is 22.6 Å². The maximum atomic E-state index is 13.1. The second-order valence-electron chi connectivity index (χ2n) is 6.87. The zero-order valence-electron chi connectivity index (χ0n) is 16.0. The first-order valence-electron chi connectivity index (χ1n) is 8.79. The van der Waals surface area contributed by atoms with Crippen LogP contribution in [-0.2, 0) is 13.2 Å².